The van der Waals surface area contributed by atoms with Gasteiger partial charge >= 0.3 is 6.18 Å². The van der Waals surface area contributed by atoms with Crippen LogP contribution in [-0.2, 0) is 9.84 Å². The lowest BCUT2D eigenvalue weighted by atomic mass is 10.1. The zero-order chi connectivity index (χ0) is 12.1. The average molecular weight is 247 g/mol. The van der Waals surface area contributed by atoms with Gasteiger partial charge in [-0.3, -0.25) is 0 Å². The third-order valence-electron chi connectivity index (χ3n) is 1.85. The Morgan fingerprint density at radius 1 is 1.33 bits per heavy atom. The normalized spacial score (nSPS) is 15.3. The summed E-state index contributed by atoms with van der Waals surface area (Å²) in [6, 6.07) is -1.61. The van der Waals surface area contributed by atoms with Gasteiger partial charge < -0.3 is 5.32 Å². The molecule has 0 spiro atoms. The van der Waals surface area contributed by atoms with Crippen molar-refractivity contribution in [2.45, 2.75) is 32.0 Å². The van der Waals surface area contributed by atoms with E-state index in [9.17, 15) is 21.6 Å². The second-order valence-corrected chi connectivity index (χ2v) is 5.68. The molecule has 0 aromatic rings. The maximum Gasteiger partial charge on any atom is 0.403 e. The third-order valence-corrected chi connectivity index (χ3v) is 2.88. The predicted octanol–water partition coefficient (Wildman–Crippen LogP) is 1.35. The first-order valence-corrected chi connectivity index (χ1v) is 6.70. The number of hydrogen-bond donors (Lipinski definition) is 1. The summed E-state index contributed by atoms with van der Waals surface area (Å²) in [5.74, 6) is -0.203. The molecule has 0 saturated carbocycles. The van der Waals surface area contributed by atoms with Gasteiger partial charge in [0.05, 0.1) is 0 Å². The van der Waals surface area contributed by atoms with Crippen LogP contribution in [-0.4, -0.2) is 39.2 Å². The molecule has 0 aliphatic heterocycles. The summed E-state index contributed by atoms with van der Waals surface area (Å²) in [5, 5.41) is 2.29. The first-order valence-electron chi connectivity index (χ1n) is 4.64. The van der Waals surface area contributed by atoms with Crippen LogP contribution < -0.4 is 5.32 Å². The molecule has 0 aromatic carbocycles. The number of hydrogen-bond acceptors (Lipinski definition) is 3. The van der Waals surface area contributed by atoms with Gasteiger partial charge in [-0.25, -0.2) is 8.42 Å². The SMILES string of the molecule is CCNC(CCCS(C)(=O)=O)C(F)(F)F. The van der Waals surface area contributed by atoms with Gasteiger partial charge in [0.1, 0.15) is 15.9 Å². The highest BCUT2D eigenvalue weighted by Gasteiger charge is 2.38. The molecular formula is C8H16F3NO2S. The van der Waals surface area contributed by atoms with Crippen molar-refractivity contribution >= 4 is 9.84 Å². The van der Waals surface area contributed by atoms with Crippen LogP contribution >= 0.6 is 0 Å². The molecule has 7 heteroatoms. The highest BCUT2D eigenvalue weighted by Crippen LogP contribution is 2.23. The van der Waals surface area contributed by atoms with Crippen LogP contribution in [0.15, 0.2) is 0 Å². The molecule has 0 aliphatic carbocycles. The molecule has 0 heterocycles. The minimum Gasteiger partial charge on any atom is -0.306 e. The van der Waals surface area contributed by atoms with E-state index in [1.54, 1.807) is 6.92 Å². The quantitative estimate of drug-likeness (QED) is 0.770. The molecule has 1 atom stereocenters. The molecule has 0 aliphatic rings. The van der Waals surface area contributed by atoms with Crippen molar-refractivity contribution in [2.75, 3.05) is 18.6 Å². The van der Waals surface area contributed by atoms with Crippen LogP contribution in [0, 0.1) is 0 Å². The molecule has 0 aromatic heterocycles. The lowest BCUT2D eigenvalue weighted by Crippen LogP contribution is -2.42. The summed E-state index contributed by atoms with van der Waals surface area (Å²) < 4.78 is 58.4. The Balaban J connectivity index is 4.09. The first kappa shape index (κ1) is 14.7. The van der Waals surface area contributed by atoms with Crippen molar-refractivity contribution in [1.29, 1.82) is 0 Å². The Kier molecular flexibility index (Phi) is 5.58. The molecule has 0 saturated heterocycles. The van der Waals surface area contributed by atoms with Gasteiger partial charge in [0, 0.05) is 12.0 Å². The van der Waals surface area contributed by atoms with E-state index in [-0.39, 0.29) is 25.1 Å². The fourth-order valence-electron chi connectivity index (χ4n) is 1.18. The Bertz CT molecular complexity index is 274. The third kappa shape index (κ3) is 7.61. The Labute approximate surface area is 88.0 Å². The van der Waals surface area contributed by atoms with Crippen molar-refractivity contribution < 1.29 is 21.6 Å². The van der Waals surface area contributed by atoms with Crippen molar-refractivity contribution in [3.05, 3.63) is 0 Å². The Morgan fingerprint density at radius 2 is 1.87 bits per heavy atom. The lowest BCUT2D eigenvalue weighted by molar-refractivity contribution is -0.157. The van der Waals surface area contributed by atoms with E-state index in [4.69, 9.17) is 0 Å². The zero-order valence-electron chi connectivity index (χ0n) is 8.76. The smallest absolute Gasteiger partial charge is 0.306 e. The van der Waals surface area contributed by atoms with E-state index in [0.29, 0.717) is 0 Å². The number of nitrogens with one attached hydrogen (secondary N) is 1. The van der Waals surface area contributed by atoms with Gasteiger partial charge in [0.25, 0.3) is 0 Å². The summed E-state index contributed by atoms with van der Waals surface area (Å²) in [6.45, 7) is 1.79. The van der Waals surface area contributed by atoms with E-state index in [1.807, 2.05) is 0 Å². The number of sulfone groups is 1. The van der Waals surface area contributed by atoms with Crippen LogP contribution in [0.25, 0.3) is 0 Å². The highest BCUT2D eigenvalue weighted by atomic mass is 32.2. The van der Waals surface area contributed by atoms with Crippen LogP contribution in [0.3, 0.4) is 0 Å². The van der Waals surface area contributed by atoms with Crippen molar-refractivity contribution in [3.8, 4) is 0 Å². The molecule has 15 heavy (non-hydrogen) atoms. The zero-order valence-corrected chi connectivity index (χ0v) is 9.58. The first-order chi connectivity index (χ1) is 6.67. The molecule has 92 valence electrons. The summed E-state index contributed by atoms with van der Waals surface area (Å²) in [7, 11) is -3.18. The van der Waals surface area contributed by atoms with Gasteiger partial charge in [0.15, 0.2) is 0 Å². The van der Waals surface area contributed by atoms with Crippen LogP contribution in [0.1, 0.15) is 19.8 Å². The number of halogens is 3. The van der Waals surface area contributed by atoms with E-state index < -0.39 is 22.1 Å². The minimum atomic E-state index is -4.31. The number of rotatable bonds is 6. The van der Waals surface area contributed by atoms with Gasteiger partial charge in [0.2, 0.25) is 0 Å². The minimum absolute atomic E-state index is 0.0238. The topological polar surface area (TPSA) is 46.2 Å². The van der Waals surface area contributed by atoms with Crippen molar-refractivity contribution in [1.82, 2.24) is 5.32 Å². The number of alkyl halides is 3. The van der Waals surface area contributed by atoms with E-state index in [1.165, 1.54) is 0 Å². The predicted molar refractivity (Wildman–Crippen MR) is 52.5 cm³/mol. The maximum atomic E-state index is 12.3. The largest absolute Gasteiger partial charge is 0.403 e. The van der Waals surface area contributed by atoms with Crippen molar-refractivity contribution in [2.24, 2.45) is 0 Å². The monoisotopic (exact) mass is 247 g/mol. The van der Waals surface area contributed by atoms with E-state index in [0.717, 1.165) is 6.26 Å². The molecular weight excluding hydrogens is 231 g/mol. The van der Waals surface area contributed by atoms with Gasteiger partial charge in [-0.2, -0.15) is 13.2 Å². The fourth-order valence-corrected chi connectivity index (χ4v) is 1.87. The lowest BCUT2D eigenvalue weighted by Gasteiger charge is -2.20. The second-order valence-electron chi connectivity index (χ2n) is 3.42. The van der Waals surface area contributed by atoms with Crippen molar-refractivity contribution in [3.63, 3.8) is 0 Å². The molecule has 0 bridgehead atoms. The summed E-state index contributed by atoms with van der Waals surface area (Å²) in [6.07, 6.45) is -3.48. The summed E-state index contributed by atoms with van der Waals surface area (Å²) >= 11 is 0. The molecule has 0 radical (unpaired) electrons. The fraction of sp³-hybridized carbons (Fsp3) is 1.00. The Hall–Kier alpha value is -0.300. The van der Waals surface area contributed by atoms with Gasteiger partial charge in [-0.05, 0) is 19.4 Å². The second kappa shape index (κ2) is 5.69. The van der Waals surface area contributed by atoms with Crippen LogP contribution in [0.4, 0.5) is 13.2 Å². The summed E-state index contributed by atoms with van der Waals surface area (Å²) in [5.41, 5.74) is 0. The molecule has 1 unspecified atom stereocenters. The standard InChI is InChI=1S/C8H16F3NO2S/c1-3-12-7(8(9,10)11)5-4-6-15(2,13)14/h7,12H,3-6H2,1-2H3. The van der Waals surface area contributed by atoms with Crippen LogP contribution in [0.5, 0.6) is 0 Å². The van der Waals surface area contributed by atoms with E-state index >= 15 is 0 Å². The van der Waals surface area contributed by atoms with E-state index in [2.05, 4.69) is 5.32 Å². The Morgan fingerprint density at radius 3 is 2.20 bits per heavy atom. The molecule has 0 rings (SSSR count). The maximum absolute atomic E-state index is 12.3. The molecule has 0 fully saturated rings. The van der Waals surface area contributed by atoms with Crippen LogP contribution in [0.2, 0.25) is 0 Å². The van der Waals surface area contributed by atoms with Gasteiger partial charge in [-0.15, -0.1) is 0 Å². The summed E-state index contributed by atoms with van der Waals surface area (Å²) in [4.78, 5) is 0. The molecule has 3 nitrogen and oxygen atoms in total. The highest BCUT2D eigenvalue weighted by molar-refractivity contribution is 7.90. The molecule has 0 amide bonds. The van der Waals surface area contributed by atoms with Gasteiger partial charge in [-0.1, -0.05) is 6.92 Å². The molecule has 1 N–H and O–H groups in total. The average Bonchev–Trinajstić information content (AvgIpc) is 1.98.